The van der Waals surface area contributed by atoms with Crippen molar-refractivity contribution in [3.63, 3.8) is 0 Å². The molecule has 2 aromatic heterocycles. The standard InChI is InChI=1S/C23H27ClF3N3O2/c1-14(19(9-15-5-4-6-15)16-10-17(24)13-28-12-16)30-21(31)22(2,3)32-18-7-8-29-20(11-18)23(25,26)27/h7-8,10-15,19H,4-6,9H2,1-3H3,(H,30,31). The molecule has 2 atom stereocenters. The lowest BCUT2D eigenvalue weighted by Gasteiger charge is -2.35. The Morgan fingerprint density at radius 1 is 1.28 bits per heavy atom. The molecule has 0 aromatic carbocycles. The van der Waals surface area contributed by atoms with E-state index in [4.69, 9.17) is 16.3 Å². The molecule has 5 nitrogen and oxygen atoms in total. The minimum absolute atomic E-state index is 0.00371. The Morgan fingerprint density at radius 3 is 2.59 bits per heavy atom. The Balaban J connectivity index is 1.72. The molecule has 2 unspecified atom stereocenters. The van der Waals surface area contributed by atoms with Crippen LogP contribution < -0.4 is 10.1 Å². The van der Waals surface area contributed by atoms with Gasteiger partial charge in [0.1, 0.15) is 11.4 Å². The van der Waals surface area contributed by atoms with Gasteiger partial charge >= 0.3 is 6.18 Å². The van der Waals surface area contributed by atoms with Gasteiger partial charge in [0.15, 0.2) is 5.60 Å². The highest BCUT2D eigenvalue weighted by Crippen LogP contribution is 2.38. The molecule has 1 amide bonds. The summed E-state index contributed by atoms with van der Waals surface area (Å²) >= 11 is 6.14. The normalized spacial score (nSPS) is 16.7. The molecular weight excluding hydrogens is 443 g/mol. The van der Waals surface area contributed by atoms with Crippen LogP contribution in [0.2, 0.25) is 5.02 Å². The van der Waals surface area contributed by atoms with Gasteiger partial charge in [0.25, 0.3) is 5.91 Å². The molecule has 9 heteroatoms. The van der Waals surface area contributed by atoms with Crippen LogP contribution in [-0.2, 0) is 11.0 Å². The second-order valence-electron chi connectivity index (χ2n) is 8.82. The predicted octanol–water partition coefficient (Wildman–Crippen LogP) is 5.78. The predicted molar refractivity (Wildman–Crippen MR) is 115 cm³/mol. The maximum absolute atomic E-state index is 13.0. The van der Waals surface area contributed by atoms with Crippen molar-refractivity contribution < 1.29 is 22.7 Å². The molecule has 2 aromatic rings. The van der Waals surface area contributed by atoms with Gasteiger partial charge in [0.2, 0.25) is 0 Å². The van der Waals surface area contributed by atoms with Crippen LogP contribution in [0.25, 0.3) is 0 Å². The quantitative estimate of drug-likeness (QED) is 0.532. The van der Waals surface area contributed by atoms with Crippen LogP contribution in [0.4, 0.5) is 13.2 Å². The fraction of sp³-hybridized carbons (Fsp3) is 0.522. The van der Waals surface area contributed by atoms with E-state index in [1.807, 2.05) is 13.0 Å². The third-order valence-electron chi connectivity index (χ3n) is 5.87. The second-order valence-corrected chi connectivity index (χ2v) is 9.26. The molecule has 32 heavy (non-hydrogen) atoms. The zero-order chi connectivity index (χ0) is 23.5. The van der Waals surface area contributed by atoms with E-state index in [1.54, 1.807) is 12.4 Å². The summed E-state index contributed by atoms with van der Waals surface area (Å²) in [6, 6.07) is 3.69. The van der Waals surface area contributed by atoms with Gasteiger partial charge < -0.3 is 10.1 Å². The molecule has 0 radical (unpaired) electrons. The highest BCUT2D eigenvalue weighted by molar-refractivity contribution is 6.30. The van der Waals surface area contributed by atoms with Crippen molar-refractivity contribution in [2.45, 2.75) is 70.2 Å². The summed E-state index contributed by atoms with van der Waals surface area (Å²) in [5.41, 5.74) is -1.53. The Bertz CT molecular complexity index is 948. The summed E-state index contributed by atoms with van der Waals surface area (Å²) in [5.74, 6) is 0.0818. The summed E-state index contributed by atoms with van der Waals surface area (Å²) < 4.78 is 44.4. The fourth-order valence-electron chi connectivity index (χ4n) is 3.80. The first kappa shape index (κ1) is 24.3. The first-order chi connectivity index (χ1) is 15.0. The molecule has 1 N–H and O–H groups in total. The maximum atomic E-state index is 13.0. The Hall–Kier alpha value is -2.35. The number of carbonyl (C=O) groups excluding carboxylic acids is 1. The topological polar surface area (TPSA) is 64.1 Å². The van der Waals surface area contributed by atoms with Gasteiger partial charge in [-0.2, -0.15) is 13.2 Å². The molecule has 3 rings (SSSR count). The molecular formula is C23H27ClF3N3O2. The molecule has 0 spiro atoms. The summed E-state index contributed by atoms with van der Waals surface area (Å²) in [7, 11) is 0. The highest BCUT2D eigenvalue weighted by atomic mass is 35.5. The van der Waals surface area contributed by atoms with E-state index < -0.39 is 23.4 Å². The third-order valence-corrected chi connectivity index (χ3v) is 6.08. The van der Waals surface area contributed by atoms with Crippen molar-refractivity contribution in [1.82, 2.24) is 15.3 Å². The maximum Gasteiger partial charge on any atom is 0.433 e. The Kier molecular flexibility index (Phi) is 7.32. The number of nitrogens with one attached hydrogen (secondary N) is 1. The van der Waals surface area contributed by atoms with Crippen LogP contribution in [0.15, 0.2) is 36.8 Å². The lowest BCUT2D eigenvalue weighted by molar-refractivity contribution is -0.141. The average Bonchev–Trinajstić information content (AvgIpc) is 2.66. The number of halogens is 4. The van der Waals surface area contributed by atoms with Crippen molar-refractivity contribution in [1.29, 1.82) is 0 Å². The number of alkyl halides is 3. The van der Waals surface area contributed by atoms with E-state index in [0.717, 1.165) is 37.1 Å². The van der Waals surface area contributed by atoms with Crippen molar-refractivity contribution >= 4 is 17.5 Å². The van der Waals surface area contributed by atoms with Gasteiger partial charge in [0.05, 0.1) is 5.02 Å². The summed E-state index contributed by atoms with van der Waals surface area (Å²) in [6.07, 6.45) is 4.15. The first-order valence-electron chi connectivity index (χ1n) is 10.6. The molecule has 0 bridgehead atoms. The highest BCUT2D eigenvalue weighted by Gasteiger charge is 2.36. The van der Waals surface area contributed by atoms with Crippen LogP contribution in [-0.4, -0.2) is 27.5 Å². The number of ether oxygens (including phenoxy) is 1. The molecule has 1 aliphatic carbocycles. The monoisotopic (exact) mass is 469 g/mol. The summed E-state index contributed by atoms with van der Waals surface area (Å²) in [4.78, 5) is 20.5. The van der Waals surface area contributed by atoms with Crippen molar-refractivity contribution in [2.24, 2.45) is 5.92 Å². The van der Waals surface area contributed by atoms with E-state index >= 15 is 0 Å². The zero-order valence-electron chi connectivity index (χ0n) is 18.2. The van der Waals surface area contributed by atoms with E-state index in [-0.39, 0.29) is 17.7 Å². The Labute approximate surface area is 190 Å². The molecule has 0 saturated heterocycles. The Morgan fingerprint density at radius 2 is 2.00 bits per heavy atom. The van der Waals surface area contributed by atoms with Crippen LogP contribution >= 0.6 is 11.6 Å². The minimum Gasteiger partial charge on any atom is -0.478 e. The number of aromatic nitrogens is 2. The van der Waals surface area contributed by atoms with Gasteiger partial charge in [-0.15, -0.1) is 0 Å². The van der Waals surface area contributed by atoms with Gasteiger partial charge in [-0.05, 0) is 50.8 Å². The van der Waals surface area contributed by atoms with E-state index in [2.05, 4.69) is 15.3 Å². The number of rotatable bonds is 8. The van der Waals surface area contributed by atoms with E-state index in [0.29, 0.717) is 10.9 Å². The number of hydrogen-bond donors (Lipinski definition) is 1. The van der Waals surface area contributed by atoms with Crippen LogP contribution in [0.5, 0.6) is 5.75 Å². The number of hydrogen-bond acceptors (Lipinski definition) is 4. The fourth-order valence-corrected chi connectivity index (χ4v) is 3.98. The molecule has 2 heterocycles. The van der Waals surface area contributed by atoms with Gasteiger partial charge in [0, 0.05) is 36.6 Å². The lowest BCUT2D eigenvalue weighted by atomic mass is 9.75. The molecule has 1 aliphatic rings. The second kappa shape index (κ2) is 9.65. The number of amides is 1. The van der Waals surface area contributed by atoms with Crippen LogP contribution in [0, 0.1) is 5.92 Å². The van der Waals surface area contributed by atoms with Crippen molar-refractivity contribution in [3.8, 4) is 5.75 Å². The molecule has 174 valence electrons. The number of nitrogens with zero attached hydrogens (tertiary/aromatic N) is 2. The molecule has 0 aliphatic heterocycles. The van der Waals surface area contributed by atoms with Crippen LogP contribution in [0.1, 0.15) is 63.6 Å². The average molecular weight is 470 g/mol. The summed E-state index contributed by atoms with van der Waals surface area (Å²) in [6.45, 7) is 4.95. The molecule has 1 saturated carbocycles. The summed E-state index contributed by atoms with van der Waals surface area (Å²) in [5, 5.41) is 3.51. The SMILES string of the molecule is CC(NC(=O)C(C)(C)Oc1ccnc(C(F)(F)F)c1)C(CC1CCC1)c1cncc(Cl)c1. The molecule has 1 fully saturated rings. The van der Waals surface area contributed by atoms with Gasteiger partial charge in [-0.1, -0.05) is 30.9 Å². The smallest absolute Gasteiger partial charge is 0.433 e. The minimum atomic E-state index is -4.60. The van der Waals surface area contributed by atoms with E-state index in [9.17, 15) is 18.0 Å². The van der Waals surface area contributed by atoms with E-state index in [1.165, 1.54) is 26.3 Å². The van der Waals surface area contributed by atoms with Crippen LogP contribution in [0.3, 0.4) is 0 Å². The van der Waals surface area contributed by atoms with Gasteiger partial charge in [-0.3, -0.25) is 14.8 Å². The number of carbonyl (C=O) groups is 1. The van der Waals surface area contributed by atoms with Gasteiger partial charge in [-0.25, -0.2) is 0 Å². The first-order valence-corrected chi connectivity index (χ1v) is 11.0. The zero-order valence-corrected chi connectivity index (χ0v) is 19.0. The number of pyridine rings is 2. The van der Waals surface area contributed by atoms with Crippen molar-refractivity contribution in [2.75, 3.05) is 0 Å². The lowest BCUT2D eigenvalue weighted by Crippen LogP contribution is -2.51. The third kappa shape index (κ3) is 6.12. The largest absolute Gasteiger partial charge is 0.478 e. The van der Waals surface area contributed by atoms with Crippen molar-refractivity contribution in [3.05, 3.63) is 53.1 Å².